The van der Waals surface area contributed by atoms with Crippen LogP contribution in [0.15, 0.2) is 47.0 Å². The molecular formula is C23H25N5O2. The number of carbonyl (C=O) groups excluding carboxylic acids is 1. The van der Waals surface area contributed by atoms with E-state index in [1.54, 1.807) is 0 Å². The van der Waals surface area contributed by atoms with E-state index in [0.717, 1.165) is 46.1 Å². The van der Waals surface area contributed by atoms with Crippen LogP contribution in [-0.2, 0) is 11.3 Å². The van der Waals surface area contributed by atoms with E-state index >= 15 is 0 Å². The van der Waals surface area contributed by atoms with Gasteiger partial charge in [0.1, 0.15) is 11.3 Å². The molecule has 7 heteroatoms. The van der Waals surface area contributed by atoms with E-state index in [0.29, 0.717) is 12.2 Å². The van der Waals surface area contributed by atoms with Crippen LogP contribution in [0.5, 0.6) is 0 Å². The molecule has 2 aromatic heterocycles. The number of anilines is 2. The minimum atomic E-state index is -0.144. The maximum absolute atomic E-state index is 11.9. The highest BCUT2D eigenvalue weighted by Gasteiger charge is 2.19. The topological polar surface area (TPSA) is 85.0 Å². The van der Waals surface area contributed by atoms with Gasteiger partial charge in [0, 0.05) is 19.0 Å². The number of rotatable bonds is 6. The molecule has 0 saturated heterocycles. The fraction of sp³-hybridized carbons (Fsp3) is 0.261. The van der Waals surface area contributed by atoms with E-state index in [-0.39, 0.29) is 5.91 Å². The molecule has 7 nitrogen and oxygen atoms in total. The van der Waals surface area contributed by atoms with Crippen LogP contribution in [0.25, 0.3) is 22.2 Å². The largest absolute Gasteiger partial charge is 0.361 e. The monoisotopic (exact) mass is 403 g/mol. The molecule has 0 aliphatic rings. The molecule has 2 heterocycles. The van der Waals surface area contributed by atoms with Crippen molar-refractivity contribution < 1.29 is 9.32 Å². The summed E-state index contributed by atoms with van der Waals surface area (Å²) in [5, 5.41) is 10.4. The molecule has 0 spiro atoms. The van der Waals surface area contributed by atoms with Crippen molar-refractivity contribution in [1.29, 1.82) is 0 Å². The molecule has 0 radical (unpaired) electrons. The highest BCUT2D eigenvalue weighted by atomic mass is 16.5. The number of nitrogens with one attached hydrogen (secondary N) is 2. The lowest BCUT2D eigenvalue weighted by molar-refractivity contribution is -0.114. The number of fused-ring (bicyclic) bond motifs is 1. The smallest absolute Gasteiger partial charge is 0.221 e. The zero-order valence-corrected chi connectivity index (χ0v) is 17.6. The molecule has 4 rings (SSSR count). The maximum atomic E-state index is 11.9. The molecule has 2 N–H and O–H groups in total. The Kier molecular flexibility index (Phi) is 5.27. The van der Waals surface area contributed by atoms with E-state index in [1.807, 2.05) is 45.0 Å². The lowest BCUT2D eigenvalue weighted by Gasteiger charge is -2.12. The SMILES string of the molecule is CCNc1nc2c(NC(C)=O)cc(-c3c(C)noc3C)cc2n1Cc1ccccc1. The van der Waals surface area contributed by atoms with Crippen molar-refractivity contribution in [2.24, 2.45) is 0 Å². The lowest BCUT2D eigenvalue weighted by Crippen LogP contribution is -2.08. The zero-order valence-electron chi connectivity index (χ0n) is 17.6. The van der Waals surface area contributed by atoms with E-state index in [9.17, 15) is 4.79 Å². The van der Waals surface area contributed by atoms with Crippen LogP contribution >= 0.6 is 0 Å². The van der Waals surface area contributed by atoms with Gasteiger partial charge in [-0.15, -0.1) is 0 Å². The van der Waals surface area contributed by atoms with Crippen LogP contribution in [0.4, 0.5) is 11.6 Å². The average Bonchev–Trinajstić information content (AvgIpc) is 3.22. The van der Waals surface area contributed by atoms with Gasteiger partial charge in [-0.3, -0.25) is 4.79 Å². The highest BCUT2D eigenvalue weighted by Crippen LogP contribution is 2.35. The van der Waals surface area contributed by atoms with Gasteiger partial charge in [0.2, 0.25) is 11.9 Å². The second-order valence-electron chi connectivity index (χ2n) is 7.31. The fourth-order valence-electron chi connectivity index (χ4n) is 3.77. The van der Waals surface area contributed by atoms with Crippen molar-refractivity contribution in [2.75, 3.05) is 17.2 Å². The molecule has 0 bridgehead atoms. The lowest BCUT2D eigenvalue weighted by atomic mass is 10.0. The van der Waals surface area contributed by atoms with Gasteiger partial charge in [-0.25, -0.2) is 4.98 Å². The summed E-state index contributed by atoms with van der Waals surface area (Å²) in [6.07, 6.45) is 0. The molecule has 0 aliphatic heterocycles. The first-order chi connectivity index (χ1) is 14.5. The van der Waals surface area contributed by atoms with Gasteiger partial charge in [-0.05, 0) is 44.0 Å². The molecular weight excluding hydrogens is 378 g/mol. The van der Waals surface area contributed by atoms with Crippen LogP contribution in [-0.4, -0.2) is 27.2 Å². The van der Waals surface area contributed by atoms with Crippen molar-refractivity contribution in [3.8, 4) is 11.1 Å². The summed E-state index contributed by atoms with van der Waals surface area (Å²) in [4.78, 5) is 16.7. The third-order valence-electron chi connectivity index (χ3n) is 5.01. The number of hydrogen-bond acceptors (Lipinski definition) is 5. The molecule has 1 amide bonds. The Labute approximate surface area is 175 Å². The number of benzene rings is 2. The van der Waals surface area contributed by atoms with E-state index in [1.165, 1.54) is 12.5 Å². The number of aromatic nitrogens is 3. The summed E-state index contributed by atoms with van der Waals surface area (Å²) < 4.78 is 7.52. The molecule has 0 atom stereocenters. The molecule has 2 aromatic carbocycles. The predicted octanol–water partition coefficient (Wildman–Crippen LogP) is 4.75. The summed E-state index contributed by atoms with van der Waals surface area (Å²) in [7, 11) is 0. The Hall–Kier alpha value is -3.61. The fourth-order valence-corrected chi connectivity index (χ4v) is 3.77. The number of aryl methyl sites for hydroxylation is 2. The quantitative estimate of drug-likeness (QED) is 0.485. The Morgan fingerprint density at radius 1 is 1.17 bits per heavy atom. The molecule has 30 heavy (non-hydrogen) atoms. The maximum Gasteiger partial charge on any atom is 0.221 e. The number of imidazole rings is 1. The van der Waals surface area contributed by atoms with Crippen LogP contribution in [0.1, 0.15) is 30.9 Å². The standard InChI is InChI=1S/C23H25N5O2/c1-5-24-23-26-22-19(25-16(4)29)11-18(21-14(2)27-30-15(21)3)12-20(22)28(23)13-17-9-7-6-8-10-17/h6-12H,5,13H2,1-4H3,(H,24,26)(H,25,29). The number of nitrogens with zero attached hydrogens (tertiary/aromatic N) is 3. The summed E-state index contributed by atoms with van der Waals surface area (Å²) in [6.45, 7) is 8.74. The first kappa shape index (κ1) is 19.7. The molecule has 0 fully saturated rings. The summed E-state index contributed by atoms with van der Waals surface area (Å²) >= 11 is 0. The Morgan fingerprint density at radius 3 is 2.57 bits per heavy atom. The second-order valence-corrected chi connectivity index (χ2v) is 7.31. The second kappa shape index (κ2) is 8.02. The molecule has 0 aliphatic carbocycles. The third-order valence-corrected chi connectivity index (χ3v) is 5.01. The number of amides is 1. The third kappa shape index (κ3) is 3.66. The van der Waals surface area contributed by atoms with Gasteiger partial charge in [-0.2, -0.15) is 0 Å². The summed E-state index contributed by atoms with van der Waals surface area (Å²) in [5.41, 5.74) is 6.17. The Morgan fingerprint density at radius 2 is 1.93 bits per heavy atom. The minimum Gasteiger partial charge on any atom is -0.361 e. The van der Waals surface area contributed by atoms with Crippen molar-refractivity contribution >= 4 is 28.6 Å². The van der Waals surface area contributed by atoms with Crippen LogP contribution in [0.2, 0.25) is 0 Å². The molecule has 0 unspecified atom stereocenters. The highest BCUT2D eigenvalue weighted by molar-refractivity contribution is 6.02. The Balaban J connectivity index is 1.97. The minimum absolute atomic E-state index is 0.144. The van der Waals surface area contributed by atoms with Gasteiger partial charge >= 0.3 is 0 Å². The molecule has 154 valence electrons. The molecule has 0 saturated carbocycles. The van der Waals surface area contributed by atoms with Gasteiger partial charge in [-0.1, -0.05) is 35.5 Å². The number of carbonyl (C=O) groups is 1. The van der Waals surface area contributed by atoms with Crippen LogP contribution in [0, 0.1) is 13.8 Å². The van der Waals surface area contributed by atoms with E-state index in [2.05, 4.69) is 38.6 Å². The summed E-state index contributed by atoms with van der Waals surface area (Å²) in [5.74, 6) is 1.36. The first-order valence-electron chi connectivity index (χ1n) is 10.0. The normalized spacial score (nSPS) is 11.1. The average molecular weight is 403 g/mol. The molecule has 4 aromatic rings. The van der Waals surface area contributed by atoms with Crippen molar-refractivity contribution in [1.82, 2.24) is 14.7 Å². The first-order valence-corrected chi connectivity index (χ1v) is 10.0. The van der Waals surface area contributed by atoms with Gasteiger partial charge in [0.25, 0.3) is 0 Å². The van der Waals surface area contributed by atoms with E-state index < -0.39 is 0 Å². The Bertz CT molecular complexity index is 1190. The van der Waals surface area contributed by atoms with Crippen molar-refractivity contribution in [2.45, 2.75) is 34.2 Å². The van der Waals surface area contributed by atoms with Crippen molar-refractivity contribution in [3.63, 3.8) is 0 Å². The predicted molar refractivity (Wildman–Crippen MR) is 119 cm³/mol. The van der Waals surface area contributed by atoms with Crippen LogP contribution in [0.3, 0.4) is 0 Å². The summed E-state index contributed by atoms with van der Waals surface area (Å²) in [6, 6.07) is 14.3. The van der Waals surface area contributed by atoms with Gasteiger partial charge < -0.3 is 19.7 Å². The van der Waals surface area contributed by atoms with E-state index in [4.69, 9.17) is 9.51 Å². The van der Waals surface area contributed by atoms with Crippen molar-refractivity contribution in [3.05, 3.63) is 59.5 Å². The van der Waals surface area contributed by atoms with Crippen LogP contribution < -0.4 is 10.6 Å². The number of hydrogen-bond donors (Lipinski definition) is 2. The van der Waals surface area contributed by atoms with Gasteiger partial charge in [0.05, 0.1) is 23.4 Å². The van der Waals surface area contributed by atoms with Gasteiger partial charge in [0.15, 0.2) is 0 Å². The zero-order chi connectivity index (χ0) is 21.3.